The van der Waals surface area contributed by atoms with Gasteiger partial charge in [0, 0.05) is 17.2 Å². The van der Waals surface area contributed by atoms with Crippen LogP contribution < -0.4 is 5.73 Å². The molecule has 0 spiro atoms. The molecule has 2 aromatic rings. The lowest BCUT2D eigenvalue weighted by atomic mass is 9.96. The van der Waals surface area contributed by atoms with E-state index in [1.54, 1.807) is 0 Å². The van der Waals surface area contributed by atoms with Crippen LogP contribution in [0.1, 0.15) is 49.1 Å². The molecule has 2 aliphatic rings. The molecule has 2 unspecified atom stereocenters. The van der Waals surface area contributed by atoms with Gasteiger partial charge >= 0.3 is 0 Å². The molecule has 2 heterocycles. The fourth-order valence-electron chi connectivity index (χ4n) is 3.12. The largest absolute Gasteiger partial charge is 0.457 e. The minimum Gasteiger partial charge on any atom is -0.457 e. The highest BCUT2D eigenvalue weighted by Gasteiger charge is 2.36. The van der Waals surface area contributed by atoms with E-state index >= 15 is 0 Å². The van der Waals surface area contributed by atoms with E-state index in [1.165, 1.54) is 19.3 Å². The van der Waals surface area contributed by atoms with Crippen molar-refractivity contribution in [1.82, 2.24) is 9.97 Å². The average molecular weight is 269 g/mol. The van der Waals surface area contributed by atoms with Crippen molar-refractivity contribution < 1.29 is 4.42 Å². The number of aryl methyl sites for hydroxylation is 1. The summed E-state index contributed by atoms with van der Waals surface area (Å²) in [6.07, 6.45) is 5.60. The van der Waals surface area contributed by atoms with Crippen molar-refractivity contribution in [3.05, 3.63) is 29.2 Å². The second-order valence-corrected chi connectivity index (χ2v) is 6.09. The first-order valence-corrected chi connectivity index (χ1v) is 7.47. The topological polar surface area (TPSA) is 64.9 Å². The molecule has 4 nitrogen and oxygen atoms in total. The second-order valence-electron chi connectivity index (χ2n) is 6.09. The summed E-state index contributed by atoms with van der Waals surface area (Å²) in [5.74, 6) is 4.40. The molecule has 1 saturated carbocycles. The summed E-state index contributed by atoms with van der Waals surface area (Å²) in [6.45, 7) is 2.25. The molecular weight excluding hydrogens is 250 g/mol. The Labute approximate surface area is 118 Å². The van der Waals surface area contributed by atoms with Crippen molar-refractivity contribution in [2.75, 3.05) is 5.73 Å². The summed E-state index contributed by atoms with van der Waals surface area (Å²) in [7, 11) is 0. The molecule has 0 aliphatic heterocycles. The van der Waals surface area contributed by atoms with Gasteiger partial charge in [0.2, 0.25) is 0 Å². The highest BCUT2D eigenvalue weighted by Crippen LogP contribution is 2.47. The van der Waals surface area contributed by atoms with E-state index in [4.69, 9.17) is 10.2 Å². The van der Waals surface area contributed by atoms with Crippen LogP contribution in [0.4, 0.5) is 5.82 Å². The maximum absolute atomic E-state index is 6.09. The van der Waals surface area contributed by atoms with Crippen LogP contribution in [0, 0.1) is 5.92 Å². The zero-order valence-corrected chi connectivity index (χ0v) is 11.7. The lowest BCUT2D eigenvalue weighted by Gasteiger charge is -2.16. The second kappa shape index (κ2) is 4.33. The number of hydrogen-bond donors (Lipinski definition) is 1. The van der Waals surface area contributed by atoms with Crippen LogP contribution in [0.15, 0.2) is 16.5 Å². The molecule has 2 aliphatic carbocycles. The van der Waals surface area contributed by atoms with E-state index < -0.39 is 0 Å². The van der Waals surface area contributed by atoms with Crippen molar-refractivity contribution in [1.29, 1.82) is 0 Å². The number of nitrogen functional groups attached to an aromatic ring is 1. The molecule has 104 valence electrons. The molecule has 1 fully saturated rings. The summed E-state index contributed by atoms with van der Waals surface area (Å²) in [4.78, 5) is 9.11. The Kier molecular flexibility index (Phi) is 2.59. The third kappa shape index (κ3) is 1.90. The van der Waals surface area contributed by atoms with Gasteiger partial charge in [0.05, 0.1) is 0 Å². The highest BCUT2D eigenvalue weighted by molar-refractivity contribution is 5.54. The minimum atomic E-state index is 0.582. The van der Waals surface area contributed by atoms with Crippen molar-refractivity contribution in [3.8, 4) is 11.6 Å². The summed E-state index contributed by atoms with van der Waals surface area (Å²) in [5, 5.41) is 0. The highest BCUT2D eigenvalue weighted by atomic mass is 16.3. The van der Waals surface area contributed by atoms with Crippen molar-refractivity contribution in [3.63, 3.8) is 0 Å². The summed E-state index contributed by atoms with van der Waals surface area (Å²) < 4.78 is 5.93. The Hall–Kier alpha value is -1.84. The Morgan fingerprint density at radius 1 is 1.20 bits per heavy atom. The van der Waals surface area contributed by atoms with Crippen LogP contribution in [0.2, 0.25) is 0 Å². The maximum Gasteiger partial charge on any atom is 0.197 e. The third-order valence-electron chi connectivity index (χ3n) is 4.54. The van der Waals surface area contributed by atoms with Gasteiger partial charge in [-0.25, -0.2) is 9.97 Å². The Morgan fingerprint density at radius 3 is 2.80 bits per heavy atom. The summed E-state index contributed by atoms with van der Waals surface area (Å²) >= 11 is 0. The first-order valence-electron chi connectivity index (χ1n) is 7.47. The van der Waals surface area contributed by atoms with E-state index in [1.807, 2.05) is 6.07 Å². The molecule has 2 atom stereocenters. The molecule has 0 amide bonds. The third-order valence-corrected chi connectivity index (χ3v) is 4.54. The van der Waals surface area contributed by atoms with Crippen LogP contribution in [0.5, 0.6) is 0 Å². The van der Waals surface area contributed by atoms with E-state index in [-0.39, 0.29) is 0 Å². The SMILES string of the molecule is CC1CC1c1ccc(-c2nc(N)c3c(n2)CCCC3)o1. The Morgan fingerprint density at radius 2 is 2.00 bits per heavy atom. The maximum atomic E-state index is 6.09. The predicted molar refractivity (Wildman–Crippen MR) is 77.3 cm³/mol. The van der Waals surface area contributed by atoms with Crippen LogP contribution in [-0.2, 0) is 12.8 Å². The average Bonchev–Trinajstić information content (AvgIpc) is 3.00. The quantitative estimate of drug-likeness (QED) is 0.908. The van der Waals surface area contributed by atoms with Gasteiger partial charge < -0.3 is 10.2 Å². The summed E-state index contributed by atoms with van der Waals surface area (Å²) in [6, 6.07) is 4.03. The van der Waals surface area contributed by atoms with Crippen molar-refractivity contribution in [2.45, 2.75) is 44.9 Å². The zero-order chi connectivity index (χ0) is 13.7. The number of rotatable bonds is 2. The molecule has 0 aromatic carbocycles. The van der Waals surface area contributed by atoms with Crippen LogP contribution in [0.3, 0.4) is 0 Å². The van der Waals surface area contributed by atoms with Crippen LogP contribution in [-0.4, -0.2) is 9.97 Å². The van der Waals surface area contributed by atoms with Gasteiger partial charge in [-0.2, -0.15) is 0 Å². The van der Waals surface area contributed by atoms with Gasteiger partial charge in [0.25, 0.3) is 0 Å². The molecule has 4 heteroatoms. The summed E-state index contributed by atoms with van der Waals surface area (Å²) in [5.41, 5.74) is 8.34. The molecule has 0 bridgehead atoms. The fourth-order valence-corrected chi connectivity index (χ4v) is 3.12. The van der Waals surface area contributed by atoms with Gasteiger partial charge in [0.15, 0.2) is 11.6 Å². The molecule has 20 heavy (non-hydrogen) atoms. The molecule has 0 saturated heterocycles. The number of furan rings is 1. The Bertz CT molecular complexity index is 662. The molecule has 2 N–H and O–H groups in total. The first-order chi connectivity index (χ1) is 9.72. The van der Waals surface area contributed by atoms with E-state index in [2.05, 4.69) is 23.0 Å². The van der Waals surface area contributed by atoms with Gasteiger partial charge in [-0.1, -0.05) is 6.92 Å². The lowest BCUT2D eigenvalue weighted by Crippen LogP contribution is -2.11. The smallest absolute Gasteiger partial charge is 0.197 e. The number of hydrogen-bond acceptors (Lipinski definition) is 4. The van der Waals surface area contributed by atoms with E-state index in [0.717, 1.165) is 41.5 Å². The number of nitrogens with zero attached hydrogens (tertiary/aromatic N) is 2. The standard InChI is InChI=1S/C16H19N3O/c1-9-8-11(9)13-6-7-14(20-13)16-18-12-5-3-2-4-10(12)15(17)19-16/h6-7,9,11H,2-5,8H2,1H3,(H2,17,18,19). The number of aromatic nitrogens is 2. The lowest BCUT2D eigenvalue weighted by molar-refractivity contribution is 0.514. The van der Waals surface area contributed by atoms with Crippen LogP contribution in [0.25, 0.3) is 11.6 Å². The molecular formula is C16H19N3O. The normalized spacial score (nSPS) is 24.4. The molecule has 0 radical (unpaired) electrons. The molecule has 2 aromatic heterocycles. The first kappa shape index (κ1) is 11.9. The number of nitrogens with two attached hydrogens (primary N) is 1. The molecule has 4 rings (SSSR count). The van der Waals surface area contributed by atoms with Crippen LogP contribution >= 0.6 is 0 Å². The van der Waals surface area contributed by atoms with E-state index in [9.17, 15) is 0 Å². The van der Waals surface area contributed by atoms with Gasteiger partial charge in [0.1, 0.15) is 11.6 Å². The van der Waals surface area contributed by atoms with Crippen molar-refractivity contribution >= 4 is 5.82 Å². The zero-order valence-electron chi connectivity index (χ0n) is 11.7. The monoisotopic (exact) mass is 269 g/mol. The number of anilines is 1. The van der Waals surface area contributed by atoms with E-state index in [0.29, 0.717) is 17.6 Å². The van der Waals surface area contributed by atoms with Crippen molar-refractivity contribution in [2.24, 2.45) is 5.92 Å². The fraction of sp³-hybridized carbons (Fsp3) is 0.500. The van der Waals surface area contributed by atoms with Gasteiger partial charge in [-0.3, -0.25) is 0 Å². The van der Waals surface area contributed by atoms with Gasteiger partial charge in [-0.05, 0) is 50.2 Å². The minimum absolute atomic E-state index is 0.582. The Balaban J connectivity index is 1.71. The van der Waals surface area contributed by atoms with Gasteiger partial charge in [-0.15, -0.1) is 0 Å². The predicted octanol–water partition coefficient (Wildman–Crippen LogP) is 3.32. The number of fused-ring (bicyclic) bond motifs is 1.